The van der Waals surface area contributed by atoms with Gasteiger partial charge < -0.3 is 10.5 Å². The molecule has 3 nitrogen and oxygen atoms in total. The molecule has 0 saturated heterocycles. The van der Waals surface area contributed by atoms with Crippen molar-refractivity contribution < 1.29 is 4.74 Å². The Kier molecular flexibility index (Phi) is 5.63. The molecular weight excluding hydrogens is 248 g/mol. The molecule has 0 unspecified atom stereocenters. The van der Waals surface area contributed by atoms with Gasteiger partial charge in [-0.3, -0.25) is 5.41 Å². The Morgan fingerprint density at radius 2 is 2.06 bits per heavy atom. The maximum absolute atomic E-state index is 7.46. The van der Waals surface area contributed by atoms with Crippen LogP contribution in [-0.4, -0.2) is 12.4 Å². The van der Waals surface area contributed by atoms with E-state index in [0.717, 1.165) is 23.4 Å². The van der Waals surface area contributed by atoms with Gasteiger partial charge in [-0.2, -0.15) is 0 Å². The molecule has 0 fully saturated rings. The van der Waals surface area contributed by atoms with Crippen molar-refractivity contribution in [2.75, 3.05) is 6.61 Å². The third kappa shape index (κ3) is 4.67. The number of rotatable bonds is 7. The maximum atomic E-state index is 7.46. The molecule has 3 N–H and O–H groups in total. The van der Waals surface area contributed by atoms with Crippen LogP contribution in [0.1, 0.15) is 32.3 Å². The highest BCUT2D eigenvalue weighted by molar-refractivity contribution is 6.31. The number of nitrogens with two attached hydrogens (primary N) is 1. The molecule has 0 bridgehead atoms. The highest BCUT2D eigenvalue weighted by atomic mass is 35.5. The number of amidine groups is 1. The van der Waals surface area contributed by atoms with Gasteiger partial charge in [0.2, 0.25) is 0 Å². The fourth-order valence-electron chi connectivity index (χ4n) is 1.55. The Bertz CT molecular complexity index is 405. The maximum Gasteiger partial charge on any atom is 0.0963 e. The summed E-state index contributed by atoms with van der Waals surface area (Å²) in [6.45, 7) is 5.13. The van der Waals surface area contributed by atoms with E-state index in [0.29, 0.717) is 13.2 Å². The van der Waals surface area contributed by atoms with Crippen LogP contribution in [0.3, 0.4) is 0 Å². The van der Waals surface area contributed by atoms with E-state index < -0.39 is 0 Å². The summed E-state index contributed by atoms with van der Waals surface area (Å²) >= 11 is 6.03. The average molecular weight is 269 g/mol. The molecule has 0 spiro atoms. The Hall–Kier alpha value is -1.06. The van der Waals surface area contributed by atoms with Gasteiger partial charge in [-0.25, -0.2) is 0 Å². The molecule has 1 rings (SSSR count). The minimum atomic E-state index is -0.242. The predicted octanol–water partition coefficient (Wildman–Crippen LogP) is 3.60. The molecule has 0 aliphatic carbocycles. The van der Waals surface area contributed by atoms with Gasteiger partial charge in [0.1, 0.15) is 0 Å². The van der Waals surface area contributed by atoms with E-state index in [-0.39, 0.29) is 11.3 Å². The summed E-state index contributed by atoms with van der Waals surface area (Å²) in [7, 11) is 0. The van der Waals surface area contributed by atoms with Gasteiger partial charge >= 0.3 is 0 Å². The van der Waals surface area contributed by atoms with Crippen LogP contribution in [0.5, 0.6) is 0 Å². The Morgan fingerprint density at radius 1 is 1.39 bits per heavy atom. The van der Waals surface area contributed by atoms with E-state index in [4.69, 9.17) is 27.5 Å². The lowest BCUT2D eigenvalue weighted by Crippen LogP contribution is -2.30. The molecule has 0 atom stereocenters. The number of ether oxygens (including phenoxy) is 1. The zero-order valence-electron chi connectivity index (χ0n) is 11.0. The lowest BCUT2D eigenvalue weighted by Gasteiger charge is -2.22. The van der Waals surface area contributed by atoms with Gasteiger partial charge in [0.25, 0.3) is 0 Å². The summed E-state index contributed by atoms with van der Waals surface area (Å²) in [6, 6.07) is 7.67. The van der Waals surface area contributed by atoms with E-state index in [1.165, 1.54) is 0 Å². The van der Waals surface area contributed by atoms with Crippen LogP contribution in [0.2, 0.25) is 5.02 Å². The summed E-state index contributed by atoms with van der Waals surface area (Å²) in [6.07, 6.45) is 1.74. The summed E-state index contributed by atoms with van der Waals surface area (Å²) in [5, 5.41) is 8.20. The summed E-state index contributed by atoms with van der Waals surface area (Å²) < 4.78 is 5.58. The molecule has 0 aromatic heterocycles. The first-order valence-corrected chi connectivity index (χ1v) is 6.47. The van der Waals surface area contributed by atoms with E-state index >= 15 is 0 Å². The number of nitrogens with one attached hydrogen (secondary N) is 1. The van der Waals surface area contributed by atoms with Crippen LogP contribution < -0.4 is 5.73 Å². The van der Waals surface area contributed by atoms with Crippen LogP contribution in [-0.2, 0) is 11.3 Å². The third-order valence-electron chi connectivity index (χ3n) is 3.03. The first-order valence-electron chi connectivity index (χ1n) is 6.09. The van der Waals surface area contributed by atoms with Crippen molar-refractivity contribution in [2.45, 2.75) is 33.3 Å². The highest BCUT2D eigenvalue weighted by Gasteiger charge is 2.20. The number of hydrogen-bond donors (Lipinski definition) is 2. The Balaban J connectivity index is 2.24. The van der Waals surface area contributed by atoms with Gasteiger partial charge in [-0.15, -0.1) is 0 Å². The lowest BCUT2D eigenvalue weighted by molar-refractivity contribution is 0.113. The molecule has 0 aliphatic heterocycles. The van der Waals surface area contributed by atoms with Gasteiger partial charge in [0.15, 0.2) is 0 Å². The first-order chi connectivity index (χ1) is 8.43. The fraction of sp³-hybridized carbons (Fsp3) is 0.500. The van der Waals surface area contributed by atoms with E-state index in [2.05, 4.69) is 0 Å². The minimum absolute atomic E-state index is 0.230. The van der Waals surface area contributed by atoms with Crippen LogP contribution in [0.15, 0.2) is 24.3 Å². The van der Waals surface area contributed by atoms with Crippen LogP contribution in [0.25, 0.3) is 0 Å². The zero-order valence-corrected chi connectivity index (χ0v) is 11.8. The second-order valence-corrected chi connectivity index (χ2v) is 5.45. The SMILES string of the molecule is CC(C)(CCCOCc1ccccc1Cl)C(=N)N. The molecule has 0 radical (unpaired) electrons. The van der Waals surface area contributed by atoms with Gasteiger partial charge in [0.05, 0.1) is 12.4 Å². The Labute approximate surface area is 114 Å². The summed E-state index contributed by atoms with van der Waals surface area (Å²) in [4.78, 5) is 0. The standard InChI is InChI=1S/C14H21ClN2O/c1-14(2,13(16)17)8-5-9-18-10-11-6-3-4-7-12(11)15/h3-4,6-7H,5,8-10H2,1-2H3,(H3,16,17). The molecule has 0 amide bonds. The fourth-order valence-corrected chi connectivity index (χ4v) is 1.74. The number of benzene rings is 1. The minimum Gasteiger partial charge on any atom is -0.387 e. The quantitative estimate of drug-likeness (QED) is 0.451. The molecule has 0 heterocycles. The van der Waals surface area contributed by atoms with Crippen LogP contribution >= 0.6 is 11.6 Å². The molecule has 4 heteroatoms. The molecular formula is C14H21ClN2O. The second kappa shape index (κ2) is 6.76. The first kappa shape index (κ1) is 15.0. The second-order valence-electron chi connectivity index (χ2n) is 5.05. The van der Waals surface area contributed by atoms with Crippen LogP contribution in [0, 0.1) is 10.8 Å². The van der Waals surface area contributed by atoms with Crippen molar-refractivity contribution in [1.29, 1.82) is 5.41 Å². The molecule has 100 valence electrons. The molecule has 1 aromatic carbocycles. The monoisotopic (exact) mass is 268 g/mol. The smallest absolute Gasteiger partial charge is 0.0963 e. The molecule has 1 aromatic rings. The molecule has 0 saturated carbocycles. The summed E-state index contributed by atoms with van der Waals surface area (Å²) in [5.41, 5.74) is 6.28. The molecule has 18 heavy (non-hydrogen) atoms. The van der Waals surface area contributed by atoms with Gasteiger partial charge in [-0.1, -0.05) is 43.6 Å². The van der Waals surface area contributed by atoms with Crippen LogP contribution in [0.4, 0.5) is 0 Å². The van der Waals surface area contributed by atoms with Crippen molar-refractivity contribution in [3.63, 3.8) is 0 Å². The summed E-state index contributed by atoms with van der Waals surface area (Å²) in [5.74, 6) is 0.230. The Morgan fingerprint density at radius 3 is 2.67 bits per heavy atom. The van der Waals surface area contributed by atoms with Crippen molar-refractivity contribution >= 4 is 17.4 Å². The van der Waals surface area contributed by atoms with E-state index in [9.17, 15) is 0 Å². The molecule has 0 aliphatic rings. The zero-order chi connectivity index (χ0) is 13.6. The van der Waals surface area contributed by atoms with Crippen molar-refractivity contribution in [1.82, 2.24) is 0 Å². The third-order valence-corrected chi connectivity index (χ3v) is 3.40. The van der Waals surface area contributed by atoms with Gasteiger partial charge in [-0.05, 0) is 24.5 Å². The average Bonchev–Trinajstić information content (AvgIpc) is 2.30. The number of halogens is 1. The van der Waals surface area contributed by atoms with E-state index in [1.807, 2.05) is 38.1 Å². The predicted molar refractivity (Wildman–Crippen MR) is 76.0 cm³/mol. The number of hydrogen-bond acceptors (Lipinski definition) is 2. The van der Waals surface area contributed by atoms with Gasteiger partial charge in [0, 0.05) is 17.0 Å². The normalized spacial score (nSPS) is 11.5. The van der Waals surface area contributed by atoms with Crippen molar-refractivity contribution in [2.24, 2.45) is 11.1 Å². The van der Waals surface area contributed by atoms with E-state index in [1.54, 1.807) is 0 Å². The van der Waals surface area contributed by atoms with Crippen molar-refractivity contribution in [3.05, 3.63) is 34.9 Å². The highest BCUT2D eigenvalue weighted by Crippen LogP contribution is 2.22. The largest absolute Gasteiger partial charge is 0.387 e. The lowest BCUT2D eigenvalue weighted by atomic mass is 9.87. The topological polar surface area (TPSA) is 59.1 Å². The van der Waals surface area contributed by atoms with Crippen molar-refractivity contribution in [3.8, 4) is 0 Å².